The number of amides is 1. The molecular formula is C16H18ClFN2O5. The van der Waals surface area contributed by atoms with Crippen LogP contribution in [0.25, 0.3) is 5.57 Å². The molecule has 0 aliphatic carbocycles. The summed E-state index contributed by atoms with van der Waals surface area (Å²) in [5.41, 5.74) is -1.22. The lowest BCUT2D eigenvalue weighted by atomic mass is 9.86. The van der Waals surface area contributed by atoms with E-state index in [-0.39, 0.29) is 47.8 Å². The molecule has 136 valence electrons. The van der Waals surface area contributed by atoms with Gasteiger partial charge in [0.15, 0.2) is 6.79 Å². The van der Waals surface area contributed by atoms with Crippen LogP contribution in [0.2, 0.25) is 5.02 Å². The topological polar surface area (TPSA) is 93.5 Å². The van der Waals surface area contributed by atoms with E-state index in [0.29, 0.717) is 5.56 Å². The molecule has 0 bridgehead atoms. The molecule has 1 aromatic carbocycles. The summed E-state index contributed by atoms with van der Waals surface area (Å²) in [6.45, 7) is 1.20. The Bertz CT molecular complexity index is 746. The molecule has 0 atom stereocenters. The first-order valence-electron chi connectivity index (χ1n) is 7.74. The van der Waals surface area contributed by atoms with Crippen molar-refractivity contribution in [3.8, 4) is 0 Å². The fraction of sp³-hybridized carbons (Fsp3) is 0.438. The quantitative estimate of drug-likeness (QED) is 0.703. The number of aryl methyl sites for hydroxylation is 1. The van der Waals surface area contributed by atoms with Crippen LogP contribution in [0.4, 0.5) is 4.39 Å². The molecule has 1 aromatic rings. The number of halogens is 2. The largest absolute Gasteiger partial charge is 0.509 e. The molecule has 1 fully saturated rings. The van der Waals surface area contributed by atoms with Gasteiger partial charge in [0.05, 0.1) is 10.6 Å². The van der Waals surface area contributed by atoms with Crippen LogP contribution in [-0.2, 0) is 9.63 Å². The van der Waals surface area contributed by atoms with Crippen LogP contribution in [0.1, 0.15) is 24.0 Å². The number of hydrogen-bond acceptors (Lipinski definition) is 6. The Morgan fingerprint density at radius 2 is 2.00 bits per heavy atom. The van der Waals surface area contributed by atoms with E-state index in [1.54, 1.807) is 6.92 Å². The van der Waals surface area contributed by atoms with Crippen LogP contribution in [-0.4, -0.2) is 56.9 Å². The lowest BCUT2D eigenvalue weighted by Gasteiger charge is -2.41. The summed E-state index contributed by atoms with van der Waals surface area (Å²) in [5, 5.41) is 31.5. The molecule has 2 aliphatic heterocycles. The number of carbonyl (C=O) groups excluding carboxylic acids is 1. The first-order valence-corrected chi connectivity index (χ1v) is 8.12. The van der Waals surface area contributed by atoms with Crippen molar-refractivity contribution in [2.45, 2.75) is 25.3 Å². The van der Waals surface area contributed by atoms with Gasteiger partial charge >= 0.3 is 0 Å². The third-order valence-electron chi connectivity index (χ3n) is 4.75. The van der Waals surface area contributed by atoms with Crippen LogP contribution in [0.3, 0.4) is 0 Å². The van der Waals surface area contributed by atoms with Gasteiger partial charge in [-0.25, -0.2) is 14.3 Å². The molecule has 3 rings (SSSR count). The zero-order valence-corrected chi connectivity index (χ0v) is 14.3. The Balaban J connectivity index is 2.18. The van der Waals surface area contributed by atoms with Crippen molar-refractivity contribution in [1.29, 1.82) is 0 Å². The molecule has 0 unspecified atom stereocenters. The smallest absolute Gasteiger partial charge is 0.282 e. The zero-order valence-electron chi connectivity index (χ0n) is 13.5. The first kappa shape index (κ1) is 18.1. The van der Waals surface area contributed by atoms with E-state index in [1.165, 1.54) is 12.1 Å². The Morgan fingerprint density at radius 3 is 2.60 bits per heavy atom. The van der Waals surface area contributed by atoms with E-state index < -0.39 is 24.1 Å². The number of piperidine rings is 1. The SMILES string of the molecule is Cc1ccc(F)c(C2=C(O)C3(CCN(O)CC3)N(OCO)C2=O)c1Cl. The first-order chi connectivity index (χ1) is 11.8. The van der Waals surface area contributed by atoms with Gasteiger partial charge in [0.2, 0.25) is 0 Å². The number of aliphatic hydroxyl groups excluding tert-OH is 2. The summed E-state index contributed by atoms with van der Waals surface area (Å²) >= 11 is 6.19. The number of carbonyl (C=O) groups is 1. The van der Waals surface area contributed by atoms with Gasteiger partial charge in [-0.2, -0.15) is 5.06 Å². The van der Waals surface area contributed by atoms with Crippen molar-refractivity contribution in [1.82, 2.24) is 10.1 Å². The third kappa shape index (κ3) is 2.70. The van der Waals surface area contributed by atoms with Gasteiger partial charge in [-0.3, -0.25) is 4.79 Å². The van der Waals surface area contributed by atoms with E-state index in [0.717, 1.165) is 10.1 Å². The third-order valence-corrected chi connectivity index (χ3v) is 5.24. The molecule has 0 aromatic heterocycles. The minimum atomic E-state index is -1.28. The van der Waals surface area contributed by atoms with Crippen molar-refractivity contribution < 1.29 is 29.4 Å². The van der Waals surface area contributed by atoms with Gasteiger partial charge in [0.25, 0.3) is 5.91 Å². The summed E-state index contributed by atoms with van der Waals surface area (Å²) < 4.78 is 14.4. The summed E-state index contributed by atoms with van der Waals surface area (Å²) in [4.78, 5) is 17.9. The second-order valence-electron chi connectivity index (χ2n) is 6.12. The van der Waals surface area contributed by atoms with Crippen molar-refractivity contribution in [2.24, 2.45) is 0 Å². The molecule has 25 heavy (non-hydrogen) atoms. The molecule has 7 nitrogen and oxygen atoms in total. The van der Waals surface area contributed by atoms with Crippen molar-refractivity contribution >= 4 is 23.1 Å². The average molecular weight is 373 g/mol. The summed E-state index contributed by atoms with van der Waals surface area (Å²) in [6, 6.07) is 2.64. The standard InChI is InChI=1S/C16H18ClFN2O5/c1-9-2-3-10(18)11(13(9)17)12-14(22)16(4-6-19(24)7-5-16)20(15(12)23)25-8-21/h2-3,21-22,24H,4-8H2,1H3. The van der Waals surface area contributed by atoms with E-state index in [9.17, 15) is 19.5 Å². The maximum absolute atomic E-state index is 14.4. The van der Waals surface area contributed by atoms with Gasteiger partial charge < -0.3 is 15.4 Å². The molecule has 0 radical (unpaired) electrons. The van der Waals surface area contributed by atoms with Crippen LogP contribution in [0.15, 0.2) is 17.9 Å². The van der Waals surface area contributed by atoms with Crippen molar-refractivity contribution in [2.75, 3.05) is 19.9 Å². The van der Waals surface area contributed by atoms with Crippen LogP contribution >= 0.6 is 11.6 Å². The van der Waals surface area contributed by atoms with Gasteiger partial charge in [0, 0.05) is 18.7 Å². The molecule has 2 heterocycles. The van der Waals surface area contributed by atoms with Gasteiger partial charge in [0.1, 0.15) is 17.1 Å². The number of nitrogens with zero attached hydrogens (tertiary/aromatic N) is 2. The predicted molar refractivity (Wildman–Crippen MR) is 86.0 cm³/mol. The molecule has 9 heteroatoms. The van der Waals surface area contributed by atoms with Gasteiger partial charge in [-0.05, 0) is 31.4 Å². The second kappa shape index (κ2) is 6.54. The second-order valence-corrected chi connectivity index (χ2v) is 6.50. The summed E-state index contributed by atoms with van der Waals surface area (Å²) in [5.74, 6) is -1.90. The van der Waals surface area contributed by atoms with Crippen LogP contribution in [0.5, 0.6) is 0 Å². The normalized spacial score (nSPS) is 20.8. The van der Waals surface area contributed by atoms with E-state index in [2.05, 4.69) is 0 Å². The average Bonchev–Trinajstić information content (AvgIpc) is 2.77. The van der Waals surface area contributed by atoms with Crippen LogP contribution in [0, 0.1) is 12.7 Å². The monoisotopic (exact) mass is 372 g/mol. The highest BCUT2D eigenvalue weighted by molar-refractivity contribution is 6.36. The molecule has 3 N–H and O–H groups in total. The molecular weight excluding hydrogens is 355 g/mol. The zero-order chi connectivity index (χ0) is 18.4. The Kier molecular flexibility index (Phi) is 4.74. The summed E-state index contributed by atoms with van der Waals surface area (Å²) in [6.07, 6.45) is 0.297. The minimum absolute atomic E-state index is 0.0236. The molecule has 1 spiro atoms. The van der Waals surface area contributed by atoms with Crippen LogP contribution < -0.4 is 0 Å². The van der Waals surface area contributed by atoms with E-state index in [1.807, 2.05) is 0 Å². The Hall–Kier alpha value is -1.71. The highest BCUT2D eigenvalue weighted by Gasteiger charge is 2.55. The number of rotatable bonds is 3. The lowest BCUT2D eigenvalue weighted by molar-refractivity contribution is -0.253. The molecule has 0 saturated carbocycles. The predicted octanol–water partition coefficient (Wildman–Crippen LogP) is 2.00. The van der Waals surface area contributed by atoms with Gasteiger partial charge in [-0.15, -0.1) is 0 Å². The fourth-order valence-corrected chi connectivity index (χ4v) is 3.63. The minimum Gasteiger partial charge on any atom is -0.509 e. The van der Waals surface area contributed by atoms with Crippen molar-refractivity contribution in [3.05, 3.63) is 39.9 Å². The maximum atomic E-state index is 14.4. The molecule has 1 saturated heterocycles. The highest BCUT2D eigenvalue weighted by atomic mass is 35.5. The van der Waals surface area contributed by atoms with E-state index in [4.69, 9.17) is 21.5 Å². The molecule has 2 aliphatic rings. The Morgan fingerprint density at radius 1 is 1.36 bits per heavy atom. The lowest BCUT2D eigenvalue weighted by Crippen LogP contribution is -2.54. The molecule has 1 amide bonds. The van der Waals surface area contributed by atoms with E-state index >= 15 is 0 Å². The fourth-order valence-electron chi connectivity index (χ4n) is 3.38. The number of hydrogen-bond donors (Lipinski definition) is 3. The number of benzene rings is 1. The maximum Gasteiger partial charge on any atom is 0.282 e. The summed E-state index contributed by atoms with van der Waals surface area (Å²) in [7, 11) is 0. The van der Waals surface area contributed by atoms with Gasteiger partial charge in [-0.1, -0.05) is 17.7 Å². The highest BCUT2D eigenvalue weighted by Crippen LogP contribution is 2.47. The number of aliphatic hydroxyl groups is 2. The number of hydroxylamine groups is 4. The van der Waals surface area contributed by atoms with Crippen molar-refractivity contribution in [3.63, 3.8) is 0 Å². The Labute approximate surface area is 148 Å².